The first kappa shape index (κ1) is 35.8. The van der Waals surface area contributed by atoms with Gasteiger partial charge in [0.1, 0.15) is 29.2 Å². The number of nitrogens with zero attached hydrogens (tertiary/aromatic N) is 5. The lowest BCUT2D eigenvalue weighted by Crippen LogP contribution is -2.26. The van der Waals surface area contributed by atoms with Gasteiger partial charge in [-0.2, -0.15) is 9.97 Å². The molecule has 0 spiro atoms. The molecule has 13 heteroatoms. The van der Waals surface area contributed by atoms with E-state index in [2.05, 4.69) is 16.4 Å². The van der Waals surface area contributed by atoms with Crippen LogP contribution in [-0.2, 0) is 14.9 Å². The number of nitrogens with two attached hydrogens (primary N) is 1. The quantitative estimate of drug-likeness (QED) is 0.0763. The van der Waals surface area contributed by atoms with Gasteiger partial charge in [-0.3, -0.25) is 14.8 Å². The number of esters is 1. The smallest absolute Gasteiger partial charge is 0.329 e. The van der Waals surface area contributed by atoms with Crippen LogP contribution in [-0.4, -0.2) is 69.4 Å². The predicted octanol–water partition coefficient (Wildman–Crippen LogP) is 6.71. The molecule has 0 radical (unpaired) electrons. The molecule has 13 nitrogen and oxygen atoms in total. The van der Waals surface area contributed by atoms with Crippen LogP contribution in [0.2, 0.25) is 0 Å². The Hall–Kier alpha value is -5.98. The number of fused-ring (bicyclic) bond motifs is 2. The van der Waals surface area contributed by atoms with Gasteiger partial charge in [0.15, 0.2) is 11.2 Å². The molecule has 3 heterocycles. The highest BCUT2D eigenvalue weighted by atomic mass is 16.5. The summed E-state index contributed by atoms with van der Waals surface area (Å²) in [5.41, 5.74) is 9.99. The largest absolute Gasteiger partial charge is 0.464 e. The Morgan fingerprint density at radius 2 is 1.79 bits per heavy atom. The zero-order chi connectivity index (χ0) is 37.3. The van der Waals surface area contributed by atoms with Crippen molar-refractivity contribution in [3.63, 3.8) is 0 Å². The van der Waals surface area contributed by atoms with Gasteiger partial charge in [0.25, 0.3) is 11.8 Å². The second-order valence-electron chi connectivity index (χ2n) is 14.0. The van der Waals surface area contributed by atoms with Crippen molar-refractivity contribution in [1.29, 1.82) is 5.41 Å². The third kappa shape index (κ3) is 7.25. The van der Waals surface area contributed by atoms with Crippen LogP contribution < -0.4 is 20.5 Å². The summed E-state index contributed by atoms with van der Waals surface area (Å²) in [6.07, 6.45) is 0.412. The highest BCUT2D eigenvalue weighted by Gasteiger charge is 2.34. The normalized spacial score (nSPS) is 14.3. The van der Waals surface area contributed by atoms with E-state index in [0.29, 0.717) is 52.6 Å². The number of nitrogen functional groups attached to an aromatic ring is 1. The third-order valence-corrected chi connectivity index (χ3v) is 8.98. The van der Waals surface area contributed by atoms with E-state index in [1.54, 1.807) is 68.9 Å². The van der Waals surface area contributed by atoms with Crippen molar-refractivity contribution < 1.29 is 23.8 Å². The van der Waals surface area contributed by atoms with Crippen molar-refractivity contribution in [3.05, 3.63) is 94.8 Å². The lowest BCUT2D eigenvalue weighted by atomic mass is 9.85. The summed E-state index contributed by atoms with van der Waals surface area (Å²) < 4.78 is 20.2. The molecule has 270 valence electrons. The summed E-state index contributed by atoms with van der Waals surface area (Å²) >= 11 is 0. The van der Waals surface area contributed by atoms with Crippen molar-refractivity contribution in [1.82, 2.24) is 24.4 Å². The fraction of sp³-hybridized carbons (Fsp3) is 0.333. The van der Waals surface area contributed by atoms with Gasteiger partial charge in [-0.15, -0.1) is 0 Å². The Labute approximate surface area is 302 Å². The fourth-order valence-electron chi connectivity index (χ4n) is 6.47. The van der Waals surface area contributed by atoms with Crippen molar-refractivity contribution in [2.45, 2.75) is 58.4 Å². The number of ether oxygens (including phenoxy) is 3. The summed E-state index contributed by atoms with van der Waals surface area (Å²) in [6.45, 7) is 10.6. The van der Waals surface area contributed by atoms with Crippen LogP contribution in [0.25, 0.3) is 11.2 Å². The van der Waals surface area contributed by atoms with Gasteiger partial charge in [-0.1, -0.05) is 57.2 Å². The first-order valence-corrected chi connectivity index (χ1v) is 17.2. The summed E-state index contributed by atoms with van der Waals surface area (Å²) in [7, 11) is 3.35. The molecule has 2 aromatic heterocycles. The molecule has 1 amide bonds. The molecular weight excluding hydrogens is 660 g/mol. The molecule has 5 aromatic rings. The Balaban J connectivity index is 1.52. The number of carbonyl (C=O) groups excluding carboxylic acids is 2. The van der Waals surface area contributed by atoms with Gasteiger partial charge in [0, 0.05) is 48.9 Å². The topological polar surface area (TPSA) is 171 Å². The van der Waals surface area contributed by atoms with Crippen LogP contribution in [0.4, 0.5) is 5.69 Å². The number of amidine groups is 1. The second kappa shape index (κ2) is 14.3. The number of hydrogen-bond acceptors (Lipinski definition) is 10. The molecule has 6 rings (SSSR count). The lowest BCUT2D eigenvalue weighted by Gasteiger charge is -2.23. The van der Waals surface area contributed by atoms with Crippen LogP contribution in [0.1, 0.15) is 78.9 Å². The van der Waals surface area contributed by atoms with Crippen molar-refractivity contribution in [3.8, 4) is 23.4 Å². The third-order valence-electron chi connectivity index (χ3n) is 8.98. The standard InChI is InChI=1S/C39H44N8O5/c1-8-50-37(49)30(19-25-21-42-29-15-10-9-14-27(25)29)47-22(2)43-32-34(47)44-38(52-31-20-23(33(40)41)16-17-28(31)39(3,4)5)45-35(32)51-26-13-11-12-24(18-26)36(48)46(6)7/h9-18,20,25,30,42H,8,19,21H2,1-7H3,(H3,40,41). The van der Waals surface area contributed by atoms with Crippen LogP contribution in [0.5, 0.6) is 23.4 Å². The van der Waals surface area contributed by atoms with E-state index in [0.717, 1.165) is 16.8 Å². The Kier molecular flexibility index (Phi) is 9.88. The molecule has 0 saturated heterocycles. The Bertz CT molecular complexity index is 2170. The van der Waals surface area contributed by atoms with Gasteiger partial charge in [-0.05, 0) is 61.6 Å². The average molecular weight is 705 g/mol. The minimum atomic E-state index is -0.800. The SMILES string of the molecule is CCOC(=O)C(CC1CNc2ccccc21)n1c(C)nc2c(Oc3cccc(C(=O)N(C)C)c3)nc(Oc3cc(C(=N)N)ccc3C(C)(C)C)nc21. The summed E-state index contributed by atoms with van der Waals surface area (Å²) in [4.78, 5) is 42.5. The second-order valence-corrected chi connectivity index (χ2v) is 14.0. The molecule has 0 fully saturated rings. The van der Waals surface area contributed by atoms with E-state index in [1.165, 1.54) is 4.90 Å². The molecule has 4 N–H and O–H groups in total. The molecule has 0 saturated carbocycles. The van der Waals surface area contributed by atoms with E-state index in [-0.39, 0.29) is 41.6 Å². The monoisotopic (exact) mass is 704 g/mol. The molecule has 52 heavy (non-hydrogen) atoms. The highest BCUT2D eigenvalue weighted by molar-refractivity contribution is 5.95. The number of imidazole rings is 1. The first-order valence-electron chi connectivity index (χ1n) is 17.2. The molecule has 0 aliphatic carbocycles. The van der Waals surface area contributed by atoms with E-state index in [1.807, 2.05) is 45.0 Å². The number of anilines is 1. The van der Waals surface area contributed by atoms with Gasteiger partial charge in [0.2, 0.25) is 0 Å². The number of nitrogens with one attached hydrogen (secondary N) is 2. The van der Waals surface area contributed by atoms with Gasteiger partial charge < -0.3 is 30.2 Å². The number of rotatable bonds is 11. The number of aromatic nitrogens is 4. The van der Waals surface area contributed by atoms with Crippen LogP contribution in [0.3, 0.4) is 0 Å². The number of para-hydroxylation sites is 1. The maximum atomic E-state index is 13.8. The minimum absolute atomic E-state index is 0.0105. The maximum Gasteiger partial charge on any atom is 0.329 e. The number of benzene rings is 3. The average Bonchev–Trinajstić information content (AvgIpc) is 3.66. The molecule has 3 aromatic carbocycles. The van der Waals surface area contributed by atoms with Crippen molar-refractivity contribution in [2.75, 3.05) is 32.6 Å². The van der Waals surface area contributed by atoms with Crippen LogP contribution >= 0.6 is 0 Å². The molecule has 1 aliphatic heterocycles. The van der Waals surface area contributed by atoms with Crippen LogP contribution in [0.15, 0.2) is 66.7 Å². The Morgan fingerprint density at radius 1 is 1.02 bits per heavy atom. The predicted molar refractivity (Wildman–Crippen MR) is 199 cm³/mol. The van der Waals surface area contributed by atoms with E-state index in [4.69, 9.17) is 35.3 Å². The van der Waals surface area contributed by atoms with Gasteiger partial charge in [0.05, 0.1) is 6.61 Å². The summed E-state index contributed by atoms with van der Waals surface area (Å²) in [5, 5.41) is 11.5. The fourth-order valence-corrected chi connectivity index (χ4v) is 6.47. The number of carbonyl (C=O) groups is 2. The van der Waals surface area contributed by atoms with E-state index >= 15 is 0 Å². The Morgan fingerprint density at radius 3 is 2.50 bits per heavy atom. The molecule has 2 atom stereocenters. The van der Waals surface area contributed by atoms with E-state index in [9.17, 15) is 9.59 Å². The van der Waals surface area contributed by atoms with Gasteiger partial charge in [-0.25, -0.2) is 9.78 Å². The number of amides is 1. The van der Waals surface area contributed by atoms with Crippen molar-refractivity contribution >= 4 is 34.6 Å². The van der Waals surface area contributed by atoms with Crippen molar-refractivity contribution in [2.24, 2.45) is 5.73 Å². The summed E-state index contributed by atoms with van der Waals surface area (Å²) in [6, 6.07) is 19.3. The highest BCUT2D eigenvalue weighted by Crippen LogP contribution is 2.40. The molecule has 2 unspecified atom stereocenters. The first-order chi connectivity index (χ1) is 24.7. The van der Waals surface area contributed by atoms with Crippen LogP contribution in [0, 0.1) is 12.3 Å². The maximum absolute atomic E-state index is 13.8. The minimum Gasteiger partial charge on any atom is -0.464 e. The molecule has 1 aliphatic rings. The van der Waals surface area contributed by atoms with Gasteiger partial charge >= 0.3 is 12.0 Å². The summed E-state index contributed by atoms with van der Waals surface area (Å²) in [5.74, 6) is 0.585. The molecule has 0 bridgehead atoms. The number of hydrogen-bond donors (Lipinski definition) is 3. The van der Waals surface area contributed by atoms with E-state index < -0.39 is 12.0 Å². The molecular formula is C39H44N8O5. The zero-order valence-corrected chi connectivity index (χ0v) is 30.5. The lowest BCUT2D eigenvalue weighted by molar-refractivity contribution is -0.147. The zero-order valence-electron chi connectivity index (χ0n) is 30.5. The number of aryl methyl sites for hydroxylation is 1.